The number of nitrogens with one attached hydrogen (secondary N) is 1. The predicted octanol–water partition coefficient (Wildman–Crippen LogP) is 6.24. The molecule has 0 bridgehead atoms. The van der Waals surface area contributed by atoms with Crippen molar-refractivity contribution in [3.8, 4) is 5.75 Å². The van der Waals surface area contributed by atoms with Crippen LogP contribution in [-0.4, -0.2) is 51.0 Å². The summed E-state index contributed by atoms with van der Waals surface area (Å²) in [5.41, 5.74) is 5.45. The second-order valence-electron chi connectivity index (χ2n) is 11.1. The minimum absolute atomic E-state index is 0.0472. The number of fused-ring (bicyclic) bond motifs is 1. The molecule has 0 radical (unpaired) electrons. The summed E-state index contributed by atoms with van der Waals surface area (Å²) in [5.74, 6) is 1.27. The second kappa shape index (κ2) is 13.1. The Morgan fingerprint density at radius 3 is 2.61 bits per heavy atom. The van der Waals surface area contributed by atoms with E-state index in [1.807, 2.05) is 24.3 Å². The van der Waals surface area contributed by atoms with E-state index in [-0.39, 0.29) is 55.1 Å². The molecule has 2 heterocycles. The van der Waals surface area contributed by atoms with Gasteiger partial charge in [0.1, 0.15) is 18.2 Å². The molecule has 3 aliphatic rings. The first kappa shape index (κ1) is 29.1. The van der Waals surface area contributed by atoms with E-state index in [1.54, 1.807) is 7.11 Å². The van der Waals surface area contributed by atoms with Crippen LogP contribution in [0, 0.1) is 18.8 Å². The first-order valence-corrected chi connectivity index (χ1v) is 14.6. The lowest BCUT2D eigenvalue weighted by molar-refractivity contribution is -0.117. The molecule has 2 aromatic rings. The Hall–Kier alpha value is -3.36. The number of methoxy groups -OCH3 is 1. The van der Waals surface area contributed by atoms with Crippen molar-refractivity contribution in [3.63, 3.8) is 0 Å². The van der Waals surface area contributed by atoms with Gasteiger partial charge in [0.15, 0.2) is 11.5 Å². The van der Waals surface area contributed by atoms with Gasteiger partial charge in [-0.25, -0.2) is 4.39 Å². The van der Waals surface area contributed by atoms with Gasteiger partial charge in [0, 0.05) is 37.4 Å². The van der Waals surface area contributed by atoms with Crippen molar-refractivity contribution in [2.24, 2.45) is 11.8 Å². The molecule has 5 rings (SSSR count). The number of benzene rings is 2. The van der Waals surface area contributed by atoms with Gasteiger partial charge in [0.25, 0.3) is 0 Å². The van der Waals surface area contributed by atoms with Crippen molar-refractivity contribution in [1.82, 2.24) is 4.90 Å². The number of rotatable bonds is 11. The van der Waals surface area contributed by atoms with Crippen LogP contribution in [0.5, 0.6) is 5.75 Å². The highest BCUT2D eigenvalue weighted by molar-refractivity contribution is 5.94. The van der Waals surface area contributed by atoms with Gasteiger partial charge in [-0.3, -0.25) is 9.69 Å². The predicted molar refractivity (Wildman–Crippen MR) is 156 cm³/mol. The van der Waals surface area contributed by atoms with Gasteiger partial charge in [-0.1, -0.05) is 49.7 Å². The number of carbonyl (C=O) groups excluding carboxylic acids is 1. The highest BCUT2D eigenvalue weighted by Crippen LogP contribution is 2.46. The summed E-state index contributed by atoms with van der Waals surface area (Å²) in [6, 6.07) is 12.2. The van der Waals surface area contributed by atoms with Crippen LogP contribution < -0.4 is 10.1 Å². The first-order valence-electron chi connectivity index (χ1n) is 14.6. The molecule has 3 atom stereocenters. The Morgan fingerprint density at radius 1 is 1.12 bits per heavy atom. The van der Waals surface area contributed by atoms with Crippen molar-refractivity contribution in [3.05, 3.63) is 82.1 Å². The van der Waals surface area contributed by atoms with Crippen LogP contribution >= 0.6 is 0 Å². The number of hydrogen-bond acceptors (Lipinski definition) is 6. The van der Waals surface area contributed by atoms with Crippen LogP contribution in [0.25, 0.3) is 0 Å². The molecule has 2 saturated heterocycles. The first-order chi connectivity index (χ1) is 19.9. The molecular weight excluding hydrogens is 523 g/mol. The zero-order valence-electron chi connectivity index (χ0n) is 24.5. The monoisotopic (exact) mass is 564 g/mol. The molecule has 0 spiro atoms. The molecule has 220 valence electrons. The molecule has 1 N–H and O–H groups in total. The Kier molecular flexibility index (Phi) is 9.30. The molecule has 0 saturated carbocycles. The molecule has 7 nitrogen and oxygen atoms in total. The van der Waals surface area contributed by atoms with Crippen molar-refractivity contribution < 1.29 is 28.1 Å². The minimum atomic E-state index is -0.264. The highest BCUT2D eigenvalue weighted by Gasteiger charge is 2.41. The zero-order valence-corrected chi connectivity index (χ0v) is 24.5. The van der Waals surface area contributed by atoms with Gasteiger partial charge >= 0.3 is 0 Å². The fourth-order valence-corrected chi connectivity index (χ4v) is 6.37. The van der Waals surface area contributed by atoms with Crippen molar-refractivity contribution in [2.45, 2.75) is 52.5 Å². The lowest BCUT2D eigenvalue weighted by atomic mass is 9.83. The van der Waals surface area contributed by atoms with Gasteiger partial charge < -0.3 is 24.3 Å². The Bertz CT molecular complexity index is 1300. The van der Waals surface area contributed by atoms with Gasteiger partial charge in [-0.15, -0.1) is 0 Å². The Morgan fingerprint density at radius 2 is 1.88 bits per heavy atom. The topological polar surface area (TPSA) is 69.3 Å². The number of aryl methyl sites for hydroxylation is 3. The lowest BCUT2D eigenvalue weighted by Gasteiger charge is -2.26. The molecule has 2 aromatic carbocycles. The number of halogens is 1. The highest BCUT2D eigenvalue weighted by atomic mass is 19.1. The maximum atomic E-state index is 14.9. The third-order valence-corrected chi connectivity index (χ3v) is 8.35. The second-order valence-corrected chi connectivity index (χ2v) is 11.1. The van der Waals surface area contributed by atoms with E-state index < -0.39 is 0 Å². The van der Waals surface area contributed by atoms with E-state index >= 15 is 0 Å². The maximum absolute atomic E-state index is 14.9. The van der Waals surface area contributed by atoms with Crippen LogP contribution in [0.1, 0.15) is 55.0 Å². The molecule has 2 aliphatic heterocycles. The molecule has 2 fully saturated rings. The number of ether oxygens (including phenoxy) is 4. The number of amides is 1. The summed E-state index contributed by atoms with van der Waals surface area (Å²) in [6.07, 6.45) is 4.72. The van der Waals surface area contributed by atoms with Crippen LogP contribution in [-0.2, 0) is 31.8 Å². The summed E-state index contributed by atoms with van der Waals surface area (Å²) in [4.78, 5) is 15.8. The Balaban J connectivity index is 1.40. The number of anilines is 1. The third-order valence-electron chi connectivity index (χ3n) is 8.35. The number of allylic oxidation sites excluding steroid dienone is 2. The molecule has 2 unspecified atom stereocenters. The SMILES string of the molecule is CCc1cc(C)cc(CC)c1NC(=O)CN1CC(C2C=C3OCOC3=C(F)C2)C[C@@H]1c1ccccc1OCCOC. The normalized spacial score (nSPS) is 22.2. The average Bonchev–Trinajstić information content (AvgIpc) is 3.62. The van der Waals surface area contributed by atoms with Crippen molar-refractivity contribution in [1.29, 1.82) is 0 Å². The third kappa shape index (κ3) is 6.44. The summed E-state index contributed by atoms with van der Waals surface area (Å²) in [6.45, 7) is 8.15. The van der Waals surface area contributed by atoms with E-state index in [4.69, 9.17) is 18.9 Å². The minimum Gasteiger partial charge on any atom is -0.491 e. The number of para-hydroxylation sites is 1. The van der Waals surface area contributed by atoms with Gasteiger partial charge in [-0.05, 0) is 61.3 Å². The van der Waals surface area contributed by atoms with Crippen molar-refractivity contribution in [2.75, 3.05) is 45.5 Å². The van der Waals surface area contributed by atoms with E-state index in [0.29, 0.717) is 25.5 Å². The summed E-state index contributed by atoms with van der Waals surface area (Å²) < 4.78 is 37.1. The van der Waals surface area contributed by atoms with E-state index in [1.165, 1.54) is 5.56 Å². The van der Waals surface area contributed by atoms with E-state index in [2.05, 4.69) is 49.2 Å². The van der Waals surface area contributed by atoms with E-state index in [9.17, 15) is 9.18 Å². The average molecular weight is 565 g/mol. The molecule has 8 heteroatoms. The number of nitrogens with zero attached hydrogens (tertiary/aromatic N) is 1. The largest absolute Gasteiger partial charge is 0.491 e. The zero-order chi connectivity index (χ0) is 28.9. The number of carbonyl (C=O) groups is 1. The van der Waals surface area contributed by atoms with Crippen LogP contribution in [0.2, 0.25) is 0 Å². The molecule has 1 aliphatic carbocycles. The Labute approximate surface area is 242 Å². The summed E-state index contributed by atoms with van der Waals surface area (Å²) >= 11 is 0. The van der Waals surface area contributed by atoms with Crippen LogP contribution in [0.4, 0.5) is 10.1 Å². The van der Waals surface area contributed by atoms with Crippen LogP contribution in [0.15, 0.2) is 59.8 Å². The smallest absolute Gasteiger partial charge is 0.238 e. The van der Waals surface area contributed by atoms with Gasteiger partial charge in [0.2, 0.25) is 12.7 Å². The van der Waals surface area contributed by atoms with Crippen LogP contribution in [0.3, 0.4) is 0 Å². The van der Waals surface area contributed by atoms with Crippen molar-refractivity contribution >= 4 is 11.6 Å². The molecule has 0 aromatic heterocycles. The molecule has 1 amide bonds. The quantitative estimate of drug-likeness (QED) is 0.326. The standard InChI is InChI=1S/C33H41FN2O5/c1-5-22-13-21(3)14-23(6-2)32(22)35-31(37)19-36-18-25(24-15-27(34)33-30(17-24)40-20-41-33)16-28(36)26-9-7-8-10-29(26)39-12-11-38-4/h7-10,13-14,17,24-25,28H,5-6,11-12,15-16,18-20H2,1-4H3,(H,35,37)/t24?,25?,28-/m1/s1. The molecular formula is C33H41FN2O5. The number of hydrogen-bond donors (Lipinski definition) is 1. The van der Waals surface area contributed by atoms with E-state index in [0.717, 1.165) is 47.4 Å². The van der Waals surface area contributed by atoms with Gasteiger partial charge in [-0.2, -0.15) is 0 Å². The lowest BCUT2D eigenvalue weighted by Crippen LogP contribution is -2.34. The molecule has 41 heavy (non-hydrogen) atoms. The fraction of sp³-hybridized carbons (Fsp3) is 0.485. The maximum Gasteiger partial charge on any atom is 0.238 e. The fourth-order valence-electron chi connectivity index (χ4n) is 6.37. The van der Waals surface area contributed by atoms with Gasteiger partial charge in [0.05, 0.1) is 13.2 Å². The summed E-state index contributed by atoms with van der Waals surface area (Å²) in [5, 5.41) is 3.25. The number of likely N-dealkylation sites (tertiary alicyclic amines) is 1. The summed E-state index contributed by atoms with van der Waals surface area (Å²) in [7, 11) is 1.65.